The molecule has 0 saturated heterocycles. The van der Waals surface area contributed by atoms with Crippen molar-refractivity contribution in [1.82, 2.24) is 15.6 Å². The SMILES string of the molecule is CCc1ncc(CNCC(NC(=O)OC(C)(C)C)C2CC2)s1. The van der Waals surface area contributed by atoms with Gasteiger partial charge in [0.1, 0.15) is 5.60 Å². The maximum atomic E-state index is 11.9. The Hall–Kier alpha value is -1.14. The van der Waals surface area contributed by atoms with E-state index in [-0.39, 0.29) is 12.1 Å². The molecule has 1 amide bonds. The van der Waals surface area contributed by atoms with Gasteiger partial charge in [0, 0.05) is 30.2 Å². The highest BCUT2D eigenvalue weighted by atomic mass is 32.1. The van der Waals surface area contributed by atoms with Gasteiger partial charge < -0.3 is 15.4 Å². The van der Waals surface area contributed by atoms with E-state index < -0.39 is 5.60 Å². The van der Waals surface area contributed by atoms with Crippen LogP contribution in [0.5, 0.6) is 0 Å². The molecule has 5 nitrogen and oxygen atoms in total. The fourth-order valence-corrected chi connectivity index (χ4v) is 3.07. The van der Waals surface area contributed by atoms with Gasteiger partial charge in [-0.2, -0.15) is 0 Å². The van der Waals surface area contributed by atoms with E-state index in [2.05, 4.69) is 22.5 Å². The standard InChI is InChI=1S/C16H27N3O2S/c1-5-14-18-9-12(22-14)8-17-10-13(11-6-7-11)19-15(20)21-16(2,3)4/h9,11,13,17H,5-8,10H2,1-4H3,(H,19,20). The molecule has 1 aliphatic rings. The molecule has 0 aromatic carbocycles. The summed E-state index contributed by atoms with van der Waals surface area (Å²) in [6.07, 6.45) is 4.96. The number of carbonyl (C=O) groups is 1. The van der Waals surface area contributed by atoms with Crippen LogP contribution in [0.15, 0.2) is 6.20 Å². The Morgan fingerprint density at radius 1 is 1.50 bits per heavy atom. The van der Waals surface area contributed by atoms with Crippen LogP contribution in [0.3, 0.4) is 0 Å². The molecule has 1 atom stereocenters. The van der Waals surface area contributed by atoms with Crippen LogP contribution in [-0.2, 0) is 17.7 Å². The van der Waals surface area contributed by atoms with E-state index >= 15 is 0 Å². The summed E-state index contributed by atoms with van der Waals surface area (Å²) in [5, 5.41) is 7.60. The van der Waals surface area contributed by atoms with Crippen LogP contribution in [0.1, 0.15) is 50.4 Å². The quantitative estimate of drug-likeness (QED) is 0.808. The number of hydrogen-bond acceptors (Lipinski definition) is 5. The van der Waals surface area contributed by atoms with Crippen molar-refractivity contribution in [2.45, 2.75) is 65.1 Å². The number of aromatic nitrogens is 1. The first kappa shape index (κ1) is 17.2. The maximum absolute atomic E-state index is 11.9. The molecule has 2 N–H and O–H groups in total. The summed E-state index contributed by atoms with van der Waals surface area (Å²) in [5.74, 6) is 0.577. The summed E-state index contributed by atoms with van der Waals surface area (Å²) in [6, 6.07) is 0.147. The lowest BCUT2D eigenvalue weighted by molar-refractivity contribution is 0.0497. The molecular weight excluding hydrogens is 298 g/mol. The Kier molecular flexibility index (Phi) is 5.81. The summed E-state index contributed by atoms with van der Waals surface area (Å²) in [5.41, 5.74) is -0.454. The fourth-order valence-electron chi connectivity index (χ4n) is 2.24. The maximum Gasteiger partial charge on any atom is 0.407 e. The number of aryl methyl sites for hydroxylation is 1. The van der Waals surface area contributed by atoms with Crippen LogP contribution in [0.4, 0.5) is 4.79 Å². The zero-order valence-electron chi connectivity index (χ0n) is 13.9. The Morgan fingerprint density at radius 2 is 2.23 bits per heavy atom. The van der Waals surface area contributed by atoms with Gasteiger partial charge in [0.25, 0.3) is 0 Å². The summed E-state index contributed by atoms with van der Waals surface area (Å²) >= 11 is 1.74. The third kappa shape index (κ3) is 5.93. The second-order valence-electron chi connectivity index (χ2n) is 6.79. The first-order valence-corrected chi connectivity index (χ1v) is 8.83. The summed E-state index contributed by atoms with van der Waals surface area (Å²) in [6.45, 7) is 9.33. The molecule has 6 heteroatoms. The second kappa shape index (κ2) is 7.42. The van der Waals surface area contributed by atoms with E-state index in [4.69, 9.17) is 4.74 Å². The topological polar surface area (TPSA) is 63.2 Å². The monoisotopic (exact) mass is 325 g/mol. The normalized spacial score (nSPS) is 16.4. The van der Waals surface area contributed by atoms with E-state index in [9.17, 15) is 4.79 Å². The van der Waals surface area contributed by atoms with Crippen molar-refractivity contribution in [1.29, 1.82) is 0 Å². The van der Waals surface area contributed by atoms with Crippen molar-refractivity contribution < 1.29 is 9.53 Å². The van der Waals surface area contributed by atoms with Crippen LogP contribution in [0.2, 0.25) is 0 Å². The van der Waals surface area contributed by atoms with Gasteiger partial charge in [-0.1, -0.05) is 6.92 Å². The highest BCUT2D eigenvalue weighted by Crippen LogP contribution is 2.32. The third-order valence-corrected chi connectivity index (χ3v) is 4.60. The minimum Gasteiger partial charge on any atom is -0.444 e. The predicted octanol–water partition coefficient (Wildman–Crippen LogP) is 3.10. The predicted molar refractivity (Wildman–Crippen MR) is 89.1 cm³/mol. The summed E-state index contributed by atoms with van der Waals surface area (Å²) in [7, 11) is 0. The molecule has 2 rings (SSSR count). The molecular formula is C16H27N3O2S. The van der Waals surface area contributed by atoms with Crippen molar-refractivity contribution in [2.24, 2.45) is 5.92 Å². The average molecular weight is 325 g/mol. The minimum atomic E-state index is -0.454. The van der Waals surface area contributed by atoms with Crippen LogP contribution in [-0.4, -0.2) is 29.3 Å². The number of rotatable bonds is 7. The van der Waals surface area contributed by atoms with Gasteiger partial charge in [0.05, 0.1) is 5.01 Å². The molecule has 0 bridgehead atoms. The van der Waals surface area contributed by atoms with Gasteiger partial charge in [-0.25, -0.2) is 9.78 Å². The van der Waals surface area contributed by atoms with Gasteiger partial charge in [-0.05, 0) is 46.0 Å². The third-order valence-electron chi connectivity index (χ3n) is 3.46. The fraction of sp³-hybridized carbons (Fsp3) is 0.750. The van der Waals surface area contributed by atoms with Gasteiger partial charge in [-0.3, -0.25) is 0 Å². The van der Waals surface area contributed by atoms with E-state index in [1.807, 2.05) is 27.0 Å². The largest absolute Gasteiger partial charge is 0.444 e. The van der Waals surface area contributed by atoms with Crippen LogP contribution >= 0.6 is 11.3 Å². The van der Waals surface area contributed by atoms with Crippen LogP contribution in [0.25, 0.3) is 0 Å². The van der Waals surface area contributed by atoms with Crippen molar-refractivity contribution in [3.8, 4) is 0 Å². The first-order valence-electron chi connectivity index (χ1n) is 8.01. The van der Waals surface area contributed by atoms with E-state index in [1.165, 1.54) is 22.7 Å². The van der Waals surface area contributed by atoms with Crippen molar-refractivity contribution in [3.63, 3.8) is 0 Å². The van der Waals surface area contributed by atoms with Gasteiger partial charge in [0.15, 0.2) is 0 Å². The van der Waals surface area contributed by atoms with Gasteiger partial charge in [-0.15, -0.1) is 11.3 Å². The lowest BCUT2D eigenvalue weighted by Gasteiger charge is -2.23. The second-order valence-corrected chi connectivity index (χ2v) is 7.99. The lowest BCUT2D eigenvalue weighted by Crippen LogP contribution is -2.45. The summed E-state index contributed by atoms with van der Waals surface area (Å²) < 4.78 is 5.34. The van der Waals surface area contributed by atoms with Crippen LogP contribution in [0, 0.1) is 5.92 Å². The molecule has 1 fully saturated rings. The molecule has 124 valence electrons. The first-order chi connectivity index (χ1) is 10.4. The molecule has 1 aromatic rings. The Balaban J connectivity index is 1.76. The van der Waals surface area contributed by atoms with E-state index in [1.54, 1.807) is 11.3 Å². The molecule has 0 aliphatic heterocycles. The Morgan fingerprint density at radius 3 is 2.77 bits per heavy atom. The molecule has 0 spiro atoms. The molecule has 1 aromatic heterocycles. The number of ether oxygens (including phenoxy) is 1. The van der Waals surface area contributed by atoms with Crippen LogP contribution < -0.4 is 10.6 Å². The highest BCUT2D eigenvalue weighted by Gasteiger charge is 2.33. The zero-order chi connectivity index (χ0) is 16.2. The zero-order valence-corrected chi connectivity index (χ0v) is 14.8. The number of amides is 1. The van der Waals surface area contributed by atoms with Crippen molar-refractivity contribution in [2.75, 3.05) is 6.54 Å². The van der Waals surface area contributed by atoms with E-state index in [0.29, 0.717) is 5.92 Å². The number of nitrogens with one attached hydrogen (secondary N) is 2. The number of carbonyl (C=O) groups excluding carboxylic acids is 1. The van der Waals surface area contributed by atoms with Crippen molar-refractivity contribution >= 4 is 17.4 Å². The molecule has 1 aliphatic carbocycles. The van der Waals surface area contributed by atoms with Crippen molar-refractivity contribution in [3.05, 3.63) is 16.1 Å². The molecule has 22 heavy (non-hydrogen) atoms. The number of hydrogen-bond donors (Lipinski definition) is 2. The molecule has 1 saturated carbocycles. The molecule has 1 heterocycles. The lowest BCUT2D eigenvalue weighted by atomic mass is 10.2. The number of thiazole rings is 1. The minimum absolute atomic E-state index is 0.147. The Bertz CT molecular complexity index is 492. The number of alkyl carbamates (subject to hydrolysis) is 1. The average Bonchev–Trinajstić information content (AvgIpc) is 3.15. The summed E-state index contributed by atoms with van der Waals surface area (Å²) in [4.78, 5) is 17.5. The smallest absolute Gasteiger partial charge is 0.407 e. The number of nitrogens with zero attached hydrogens (tertiary/aromatic N) is 1. The Labute approximate surface area is 136 Å². The van der Waals surface area contributed by atoms with Gasteiger partial charge in [0.2, 0.25) is 0 Å². The molecule has 1 unspecified atom stereocenters. The highest BCUT2D eigenvalue weighted by molar-refractivity contribution is 7.11. The van der Waals surface area contributed by atoms with Gasteiger partial charge >= 0.3 is 6.09 Å². The van der Waals surface area contributed by atoms with E-state index in [0.717, 1.165) is 19.5 Å². The molecule has 0 radical (unpaired) electrons.